The lowest BCUT2D eigenvalue weighted by Gasteiger charge is -2.17. The molecule has 5 rings (SSSR count). The summed E-state index contributed by atoms with van der Waals surface area (Å²) in [6.45, 7) is 4.79. The molecule has 1 fully saturated rings. The number of hydrogen-bond acceptors (Lipinski definition) is 5. The summed E-state index contributed by atoms with van der Waals surface area (Å²) in [5, 5.41) is 2.97. The standard InChI is InChI=1S/C28H27F2NO4/c1-28(2)34-16-22(35-28)11-12-33-21-8-5-17-3-4-18-13-20(7-9-23(18)27(32)24(17)15-21)31-26-10-6-19(29)14-25(26)30/h5-10,13-15,22,31H,3-4,11-12,16H2,1-2H3. The molecule has 7 heteroatoms. The van der Waals surface area contributed by atoms with Crippen LogP contribution in [0.1, 0.15) is 47.3 Å². The predicted molar refractivity (Wildman–Crippen MR) is 128 cm³/mol. The van der Waals surface area contributed by atoms with Gasteiger partial charge in [0.05, 0.1) is 25.0 Å². The third-order valence-electron chi connectivity index (χ3n) is 6.33. The van der Waals surface area contributed by atoms with Gasteiger partial charge in [-0.1, -0.05) is 6.07 Å². The molecular weight excluding hydrogens is 452 g/mol. The molecule has 1 aliphatic heterocycles. The summed E-state index contributed by atoms with van der Waals surface area (Å²) >= 11 is 0. The van der Waals surface area contributed by atoms with Gasteiger partial charge >= 0.3 is 0 Å². The van der Waals surface area contributed by atoms with Crippen molar-refractivity contribution in [1.82, 2.24) is 0 Å². The third kappa shape index (κ3) is 5.21. The van der Waals surface area contributed by atoms with Gasteiger partial charge in [-0.2, -0.15) is 0 Å². The average molecular weight is 480 g/mol. The Kier molecular flexibility index (Phi) is 6.30. The summed E-state index contributed by atoms with van der Waals surface area (Å²) in [4.78, 5) is 13.4. The van der Waals surface area contributed by atoms with Crippen molar-refractivity contribution in [1.29, 1.82) is 0 Å². The van der Waals surface area contributed by atoms with Crippen molar-refractivity contribution in [2.45, 2.75) is 45.0 Å². The smallest absolute Gasteiger partial charge is 0.193 e. The van der Waals surface area contributed by atoms with Crippen molar-refractivity contribution in [2.75, 3.05) is 18.5 Å². The number of carbonyl (C=O) groups excluding carboxylic acids is 1. The maximum Gasteiger partial charge on any atom is 0.193 e. The van der Waals surface area contributed by atoms with E-state index in [1.54, 1.807) is 12.1 Å². The zero-order valence-electron chi connectivity index (χ0n) is 19.7. The molecule has 1 unspecified atom stereocenters. The number of nitrogens with one attached hydrogen (secondary N) is 1. The van der Waals surface area contributed by atoms with E-state index < -0.39 is 17.4 Å². The van der Waals surface area contributed by atoms with E-state index in [0.717, 1.165) is 17.2 Å². The number of benzene rings is 3. The predicted octanol–water partition coefficient (Wildman–Crippen LogP) is 5.96. The molecule has 1 atom stereocenters. The van der Waals surface area contributed by atoms with E-state index >= 15 is 0 Å². The number of aryl methyl sites for hydroxylation is 2. The minimum absolute atomic E-state index is 0.00877. The van der Waals surface area contributed by atoms with Crippen LogP contribution in [0.25, 0.3) is 0 Å². The van der Waals surface area contributed by atoms with Gasteiger partial charge in [-0.25, -0.2) is 8.78 Å². The van der Waals surface area contributed by atoms with Gasteiger partial charge in [0.2, 0.25) is 0 Å². The maximum absolute atomic E-state index is 14.0. The van der Waals surface area contributed by atoms with Crippen LogP contribution in [-0.4, -0.2) is 30.9 Å². The van der Waals surface area contributed by atoms with E-state index in [1.807, 2.05) is 38.1 Å². The molecule has 0 bridgehead atoms. The molecule has 1 heterocycles. The van der Waals surface area contributed by atoms with Crippen molar-refractivity contribution in [3.63, 3.8) is 0 Å². The topological polar surface area (TPSA) is 56.8 Å². The number of ether oxygens (including phenoxy) is 3. The van der Waals surface area contributed by atoms with Gasteiger partial charge in [0.15, 0.2) is 11.6 Å². The number of ketones is 1. The highest BCUT2D eigenvalue weighted by atomic mass is 19.1. The van der Waals surface area contributed by atoms with E-state index in [2.05, 4.69) is 5.32 Å². The summed E-state index contributed by atoms with van der Waals surface area (Å²) in [5.41, 5.74) is 3.90. The molecule has 1 N–H and O–H groups in total. The highest BCUT2D eigenvalue weighted by molar-refractivity contribution is 6.11. The van der Waals surface area contributed by atoms with Crippen molar-refractivity contribution >= 4 is 17.2 Å². The molecule has 5 nitrogen and oxygen atoms in total. The van der Waals surface area contributed by atoms with Crippen LogP contribution in [0.3, 0.4) is 0 Å². The van der Waals surface area contributed by atoms with Gasteiger partial charge in [0.25, 0.3) is 0 Å². The first kappa shape index (κ1) is 23.5. The monoisotopic (exact) mass is 479 g/mol. The normalized spacial score (nSPS) is 18.5. The van der Waals surface area contributed by atoms with Crippen molar-refractivity contribution in [3.05, 3.63) is 88.5 Å². The molecule has 0 spiro atoms. The molecule has 0 saturated carbocycles. The summed E-state index contributed by atoms with van der Waals surface area (Å²) in [5.74, 6) is -1.29. The summed E-state index contributed by atoms with van der Waals surface area (Å²) < 4.78 is 44.6. The summed E-state index contributed by atoms with van der Waals surface area (Å²) in [7, 11) is 0. The Bertz CT molecular complexity index is 1270. The SMILES string of the molecule is CC1(C)OCC(CCOc2ccc3c(c2)C(=O)c2ccc(Nc4ccc(F)cc4F)cc2CC3)O1. The molecule has 0 radical (unpaired) electrons. The molecule has 182 valence electrons. The largest absolute Gasteiger partial charge is 0.493 e. The Hall–Kier alpha value is -3.29. The first-order chi connectivity index (χ1) is 16.8. The fourth-order valence-corrected chi connectivity index (χ4v) is 4.55. The maximum atomic E-state index is 14.0. The second kappa shape index (κ2) is 9.40. The summed E-state index contributed by atoms with van der Waals surface area (Å²) in [6.07, 6.45) is 2.06. The van der Waals surface area contributed by atoms with E-state index in [4.69, 9.17) is 14.2 Å². The van der Waals surface area contributed by atoms with E-state index in [9.17, 15) is 13.6 Å². The first-order valence-corrected chi connectivity index (χ1v) is 11.7. The Labute approximate surface area is 203 Å². The van der Waals surface area contributed by atoms with Crippen molar-refractivity contribution in [3.8, 4) is 5.75 Å². The summed E-state index contributed by atoms with van der Waals surface area (Å²) in [6, 6.07) is 14.4. The number of fused-ring (bicyclic) bond motifs is 2. The van der Waals surface area contributed by atoms with Gasteiger partial charge in [-0.15, -0.1) is 0 Å². The molecule has 1 aliphatic carbocycles. The van der Waals surface area contributed by atoms with Crippen LogP contribution in [0.15, 0.2) is 54.6 Å². The fraction of sp³-hybridized carbons (Fsp3) is 0.321. The molecular formula is C28H27F2NO4. The molecule has 1 saturated heterocycles. The Morgan fingerprint density at radius 1 is 1.00 bits per heavy atom. The highest BCUT2D eigenvalue weighted by Crippen LogP contribution is 2.31. The van der Waals surface area contributed by atoms with Gasteiger partial charge in [-0.3, -0.25) is 4.79 Å². The Morgan fingerprint density at radius 2 is 1.83 bits per heavy atom. The average Bonchev–Trinajstić information content (AvgIpc) is 3.11. The molecule has 3 aromatic carbocycles. The van der Waals surface area contributed by atoms with Gasteiger partial charge in [-0.05, 0) is 80.3 Å². The minimum Gasteiger partial charge on any atom is -0.493 e. The zero-order valence-corrected chi connectivity index (χ0v) is 19.7. The van der Waals surface area contributed by atoms with E-state index in [1.165, 1.54) is 12.1 Å². The van der Waals surface area contributed by atoms with Crippen LogP contribution < -0.4 is 10.1 Å². The van der Waals surface area contributed by atoms with Gasteiger partial charge in [0.1, 0.15) is 17.4 Å². The Balaban J connectivity index is 1.29. The first-order valence-electron chi connectivity index (χ1n) is 11.7. The van der Waals surface area contributed by atoms with Gasteiger partial charge < -0.3 is 19.5 Å². The molecule has 0 aromatic heterocycles. The number of anilines is 2. The fourth-order valence-electron chi connectivity index (χ4n) is 4.55. The van der Waals surface area contributed by atoms with Crippen LogP contribution in [-0.2, 0) is 22.3 Å². The van der Waals surface area contributed by atoms with Crippen molar-refractivity contribution < 1.29 is 27.8 Å². The van der Waals surface area contributed by atoms with Crippen LogP contribution in [0.2, 0.25) is 0 Å². The van der Waals surface area contributed by atoms with Gasteiger partial charge in [0, 0.05) is 29.3 Å². The molecule has 35 heavy (non-hydrogen) atoms. The van der Waals surface area contributed by atoms with E-state index in [0.29, 0.717) is 55.0 Å². The number of rotatable bonds is 6. The lowest BCUT2D eigenvalue weighted by molar-refractivity contribution is -0.139. The number of halogens is 2. The third-order valence-corrected chi connectivity index (χ3v) is 6.33. The molecule has 3 aromatic rings. The molecule has 0 amide bonds. The van der Waals surface area contributed by atoms with Crippen LogP contribution in [0.4, 0.5) is 20.2 Å². The lowest BCUT2D eigenvalue weighted by atomic mass is 9.98. The number of carbonyl (C=O) groups is 1. The lowest BCUT2D eigenvalue weighted by Crippen LogP contribution is -2.22. The van der Waals surface area contributed by atoms with Crippen molar-refractivity contribution in [2.24, 2.45) is 0 Å². The van der Waals surface area contributed by atoms with Crippen LogP contribution in [0, 0.1) is 11.6 Å². The second-order valence-electron chi connectivity index (χ2n) is 9.36. The zero-order chi connectivity index (χ0) is 24.6. The van der Waals surface area contributed by atoms with E-state index in [-0.39, 0.29) is 17.6 Å². The van der Waals surface area contributed by atoms with Crippen LogP contribution >= 0.6 is 0 Å². The molecule has 2 aliphatic rings. The Morgan fingerprint density at radius 3 is 2.60 bits per heavy atom. The second-order valence-corrected chi connectivity index (χ2v) is 9.36. The van der Waals surface area contributed by atoms with Crippen LogP contribution in [0.5, 0.6) is 5.75 Å². The minimum atomic E-state index is -0.674. The highest BCUT2D eigenvalue weighted by Gasteiger charge is 2.32. The quantitative estimate of drug-likeness (QED) is 0.473. The number of hydrogen-bond donors (Lipinski definition) is 1.